The van der Waals surface area contributed by atoms with Gasteiger partial charge in [0.05, 0.1) is 11.3 Å². The summed E-state index contributed by atoms with van der Waals surface area (Å²) in [5.74, 6) is 0.215. The first-order valence-corrected chi connectivity index (χ1v) is 7.00. The number of nitrogens with zero attached hydrogens (tertiary/aromatic N) is 3. The van der Waals surface area contributed by atoms with Crippen LogP contribution in [0.1, 0.15) is 5.56 Å². The highest BCUT2D eigenvalue weighted by molar-refractivity contribution is 8.00. The number of anilines is 1. The number of benzene rings is 1. The molecule has 1 aromatic heterocycles. The minimum absolute atomic E-state index is 0.0317. The van der Waals surface area contributed by atoms with E-state index in [1.54, 1.807) is 30.3 Å². The van der Waals surface area contributed by atoms with Crippen molar-refractivity contribution in [2.45, 2.75) is 5.03 Å². The lowest BCUT2D eigenvalue weighted by molar-refractivity contribution is -0.115. The third kappa shape index (κ3) is 3.37. The van der Waals surface area contributed by atoms with E-state index in [-0.39, 0.29) is 11.7 Å². The molecule has 0 fully saturated rings. The topological polar surface area (TPSA) is 57.0 Å². The van der Waals surface area contributed by atoms with E-state index in [0.717, 1.165) is 5.69 Å². The Labute approximate surface area is 122 Å². The maximum Gasteiger partial charge on any atom is 0.237 e. The van der Waals surface area contributed by atoms with Gasteiger partial charge in [0.2, 0.25) is 5.91 Å². The number of hydrogen-bond acceptors (Lipinski definition) is 4. The highest BCUT2D eigenvalue weighted by Crippen LogP contribution is 2.20. The molecule has 0 aliphatic rings. The van der Waals surface area contributed by atoms with Crippen molar-refractivity contribution in [1.29, 1.82) is 5.26 Å². The first-order chi connectivity index (χ1) is 9.72. The molecule has 0 aliphatic heterocycles. The Morgan fingerprint density at radius 3 is 2.75 bits per heavy atom. The molecule has 0 saturated heterocycles. The second kappa shape index (κ2) is 6.73. The van der Waals surface area contributed by atoms with Crippen LogP contribution in [0, 0.1) is 11.3 Å². The standard InChI is InChI=1S/C15H13N3OS/c1-18(13-7-3-2-4-8-13)14(19)11-20-15-12(10-16)6-5-9-17-15/h2-9H,11H2,1H3. The number of nitriles is 1. The van der Waals surface area contributed by atoms with Gasteiger partial charge >= 0.3 is 0 Å². The number of amides is 1. The minimum Gasteiger partial charge on any atom is -0.315 e. The van der Waals surface area contributed by atoms with Gasteiger partial charge < -0.3 is 4.90 Å². The van der Waals surface area contributed by atoms with Crippen molar-refractivity contribution in [2.75, 3.05) is 17.7 Å². The van der Waals surface area contributed by atoms with Crippen molar-refractivity contribution in [3.63, 3.8) is 0 Å². The average molecular weight is 283 g/mol. The van der Waals surface area contributed by atoms with E-state index in [4.69, 9.17) is 5.26 Å². The molecule has 0 N–H and O–H groups in total. The number of thioether (sulfide) groups is 1. The summed E-state index contributed by atoms with van der Waals surface area (Å²) in [5, 5.41) is 9.56. The molecule has 4 nitrogen and oxygen atoms in total. The van der Waals surface area contributed by atoms with E-state index in [1.807, 2.05) is 30.3 Å². The molecule has 2 aromatic rings. The first-order valence-electron chi connectivity index (χ1n) is 6.02. The van der Waals surface area contributed by atoms with Gasteiger partial charge in [-0.3, -0.25) is 4.79 Å². The predicted octanol–water partition coefficient (Wildman–Crippen LogP) is 2.71. The summed E-state index contributed by atoms with van der Waals surface area (Å²) in [5.41, 5.74) is 1.34. The fraction of sp³-hybridized carbons (Fsp3) is 0.133. The van der Waals surface area contributed by atoms with E-state index < -0.39 is 0 Å². The number of para-hydroxylation sites is 1. The van der Waals surface area contributed by atoms with E-state index in [0.29, 0.717) is 10.6 Å². The van der Waals surface area contributed by atoms with Crippen LogP contribution in [-0.4, -0.2) is 23.7 Å². The van der Waals surface area contributed by atoms with Gasteiger partial charge in [0.1, 0.15) is 11.1 Å². The third-order valence-electron chi connectivity index (χ3n) is 2.74. The van der Waals surface area contributed by atoms with E-state index >= 15 is 0 Å². The number of aromatic nitrogens is 1. The fourth-order valence-corrected chi connectivity index (χ4v) is 2.47. The normalized spacial score (nSPS) is 9.80. The van der Waals surface area contributed by atoms with Gasteiger partial charge in [-0.1, -0.05) is 30.0 Å². The van der Waals surface area contributed by atoms with Crippen LogP contribution in [0.3, 0.4) is 0 Å². The minimum atomic E-state index is -0.0317. The molecule has 1 heterocycles. The van der Waals surface area contributed by atoms with Crippen LogP contribution >= 0.6 is 11.8 Å². The van der Waals surface area contributed by atoms with Crippen LogP contribution in [0.15, 0.2) is 53.7 Å². The summed E-state index contributed by atoms with van der Waals surface area (Å²) in [4.78, 5) is 17.8. The first kappa shape index (κ1) is 14.1. The summed E-state index contributed by atoms with van der Waals surface area (Å²) in [6.45, 7) is 0. The van der Waals surface area contributed by atoms with E-state index in [1.165, 1.54) is 11.8 Å². The molecule has 1 amide bonds. The Balaban J connectivity index is 2.01. The fourth-order valence-electron chi connectivity index (χ4n) is 1.61. The Morgan fingerprint density at radius 2 is 2.05 bits per heavy atom. The number of carbonyl (C=O) groups is 1. The van der Waals surface area contributed by atoms with Gasteiger partial charge in [-0.05, 0) is 24.3 Å². The molecule has 5 heteroatoms. The summed E-state index contributed by atoms with van der Waals surface area (Å²) in [6, 6.07) is 14.9. The van der Waals surface area contributed by atoms with Gasteiger partial charge in [0, 0.05) is 18.9 Å². The summed E-state index contributed by atoms with van der Waals surface area (Å²) in [6.07, 6.45) is 1.62. The van der Waals surface area contributed by atoms with Crippen molar-refractivity contribution >= 4 is 23.4 Å². The highest BCUT2D eigenvalue weighted by atomic mass is 32.2. The summed E-state index contributed by atoms with van der Waals surface area (Å²) >= 11 is 1.28. The zero-order chi connectivity index (χ0) is 14.4. The quantitative estimate of drug-likeness (QED) is 0.810. The summed E-state index contributed by atoms with van der Waals surface area (Å²) in [7, 11) is 1.74. The van der Waals surface area contributed by atoms with Gasteiger partial charge in [0.25, 0.3) is 0 Å². The largest absolute Gasteiger partial charge is 0.315 e. The molecule has 0 saturated carbocycles. The maximum atomic E-state index is 12.1. The molecule has 0 radical (unpaired) electrons. The zero-order valence-corrected chi connectivity index (χ0v) is 11.8. The van der Waals surface area contributed by atoms with Gasteiger partial charge in [-0.25, -0.2) is 4.98 Å². The number of hydrogen-bond donors (Lipinski definition) is 0. The second-order valence-corrected chi connectivity index (χ2v) is 5.01. The lowest BCUT2D eigenvalue weighted by Crippen LogP contribution is -2.27. The molecular formula is C15H13N3OS. The Kier molecular flexibility index (Phi) is 4.75. The molecule has 0 unspecified atom stereocenters. The highest BCUT2D eigenvalue weighted by Gasteiger charge is 2.12. The number of rotatable bonds is 4. The number of pyridine rings is 1. The second-order valence-electron chi connectivity index (χ2n) is 4.04. The Bertz CT molecular complexity index is 637. The Morgan fingerprint density at radius 1 is 1.30 bits per heavy atom. The molecule has 0 spiro atoms. The molecule has 0 bridgehead atoms. The lowest BCUT2D eigenvalue weighted by Gasteiger charge is -2.16. The summed E-state index contributed by atoms with van der Waals surface area (Å²) < 4.78 is 0. The smallest absolute Gasteiger partial charge is 0.237 e. The van der Waals surface area contributed by atoms with Crippen LogP contribution in [0.2, 0.25) is 0 Å². The van der Waals surface area contributed by atoms with Crippen molar-refractivity contribution < 1.29 is 4.79 Å². The van der Waals surface area contributed by atoms with Gasteiger partial charge in [-0.15, -0.1) is 0 Å². The van der Waals surface area contributed by atoms with Crippen LogP contribution in [0.4, 0.5) is 5.69 Å². The molecule has 2 rings (SSSR count). The zero-order valence-electron chi connectivity index (χ0n) is 11.0. The molecule has 0 atom stereocenters. The van der Waals surface area contributed by atoms with Crippen LogP contribution in [0.25, 0.3) is 0 Å². The van der Waals surface area contributed by atoms with Crippen molar-refractivity contribution in [2.24, 2.45) is 0 Å². The van der Waals surface area contributed by atoms with Crippen molar-refractivity contribution in [3.8, 4) is 6.07 Å². The monoisotopic (exact) mass is 283 g/mol. The lowest BCUT2D eigenvalue weighted by atomic mass is 10.3. The van der Waals surface area contributed by atoms with Crippen LogP contribution in [0.5, 0.6) is 0 Å². The third-order valence-corrected chi connectivity index (χ3v) is 3.73. The molecule has 0 aliphatic carbocycles. The van der Waals surface area contributed by atoms with Crippen LogP contribution in [-0.2, 0) is 4.79 Å². The van der Waals surface area contributed by atoms with E-state index in [9.17, 15) is 4.79 Å². The van der Waals surface area contributed by atoms with Gasteiger partial charge in [0.15, 0.2) is 0 Å². The average Bonchev–Trinajstić information content (AvgIpc) is 2.53. The molecule has 1 aromatic carbocycles. The van der Waals surface area contributed by atoms with Gasteiger partial charge in [-0.2, -0.15) is 5.26 Å². The van der Waals surface area contributed by atoms with Crippen molar-refractivity contribution in [3.05, 3.63) is 54.2 Å². The SMILES string of the molecule is CN(C(=O)CSc1ncccc1C#N)c1ccccc1. The predicted molar refractivity (Wildman–Crippen MR) is 79.5 cm³/mol. The molecule has 20 heavy (non-hydrogen) atoms. The van der Waals surface area contributed by atoms with E-state index in [2.05, 4.69) is 11.1 Å². The number of carbonyl (C=O) groups excluding carboxylic acids is 1. The Hall–Kier alpha value is -2.32. The molecular weight excluding hydrogens is 270 g/mol. The maximum absolute atomic E-state index is 12.1. The van der Waals surface area contributed by atoms with Crippen molar-refractivity contribution in [1.82, 2.24) is 4.98 Å². The van der Waals surface area contributed by atoms with Crippen LogP contribution < -0.4 is 4.90 Å². The molecule has 100 valence electrons.